The maximum Gasteiger partial charge on any atom is 0.416 e. The maximum absolute atomic E-state index is 12.9. The van der Waals surface area contributed by atoms with Gasteiger partial charge in [0.15, 0.2) is 0 Å². The fourth-order valence-electron chi connectivity index (χ4n) is 2.58. The lowest BCUT2D eigenvalue weighted by atomic mass is 10.1. The number of alkyl halides is 3. The second kappa shape index (κ2) is 6.83. The number of urea groups is 1. The van der Waals surface area contributed by atoms with E-state index in [2.05, 4.69) is 0 Å². The predicted molar refractivity (Wildman–Crippen MR) is 93.1 cm³/mol. The second-order valence-corrected chi connectivity index (χ2v) is 6.37. The molecule has 0 radical (unpaired) electrons. The van der Waals surface area contributed by atoms with Crippen LogP contribution in [-0.4, -0.2) is 41.7 Å². The second-order valence-electron chi connectivity index (χ2n) is 5.96. The number of halogens is 4. The summed E-state index contributed by atoms with van der Waals surface area (Å²) in [6.45, 7) is 0. The van der Waals surface area contributed by atoms with Gasteiger partial charge in [0.05, 0.1) is 10.6 Å². The quantitative estimate of drug-likeness (QED) is 0.551. The molecule has 1 saturated heterocycles. The van der Waals surface area contributed by atoms with E-state index in [4.69, 9.17) is 16.0 Å². The smallest absolute Gasteiger partial charge is 0.416 e. The fourth-order valence-corrected chi connectivity index (χ4v) is 2.79. The lowest BCUT2D eigenvalue weighted by Gasteiger charge is -2.28. The molecule has 2 aromatic rings. The van der Waals surface area contributed by atoms with Crippen LogP contribution in [0.3, 0.4) is 0 Å². The third-order valence-electron chi connectivity index (χ3n) is 4.12. The van der Waals surface area contributed by atoms with Gasteiger partial charge in [-0.15, -0.1) is 0 Å². The molecule has 10 heteroatoms. The molecule has 0 spiro atoms. The van der Waals surface area contributed by atoms with Gasteiger partial charge >= 0.3 is 12.2 Å². The van der Waals surface area contributed by atoms with E-state index in [0.717, 1.165) is 34.1 Å². The number of benzene rings is 1. The zero-order valence-corrected chi connectivity index (χ0v) is 15.3. The molecule has 0 N–H and O–H groups in total. The first-order valence-electron chi connectivity index (χ1n) is 7.79. The third-order valence-corrected chi connectivity index (χ3v) is 4.45. The minimum atomic E-state index is -4.56. The summed E-state index contributed by atoms with van der Waals surface area (Å²) < 4.78 is 44.2. The van der Waals surface area contributed by atoms with E-state index >= 15 is 0 Å². The van der Waals surface area contributed by atoms with Gasteiger partial charge in [-0.3, -0.25) is 19.4 Å². The van der Waals surface area contributed by atoms with Crippen LogP contribution in [0.5, 0.6) is 0 Å². The van der Waals surface area contributed by atoms with Crippen LogP contribution in [0.4, 0.5) is 18.0 Å². The number of furan rings is 1. The van der Waals surface area contributed by atoms with Crippen molar-refractivity contribution in [3.63, 3.8) is 0 Å². The molecule has 28 heavy (non-hydrogen) atoms. The molecule has 0 unspecified atom stereocenters. The van der Waals surface area contributed by atoms with E-state index < -0.39 is 29.6 Å². The number of barbiturate groups is 1. The number of likely N-dealkylation sites (N-methyl/N-ethyl adjacent to an activating group) is 2. The van der Waals surface area contributed by atoms with E-state index in [0.29, 0.717) is 0 Å². The third kappa shape index (κ3) is 3.40. The lowest BCUT2D eigenvalue weighted by Crippen LogP contribution is -2.52. The van der Waals surface area contributed by atoms with Crippen molar-refractivity contribution in [3.8, 4) is 11.3 Å². The molecule has 146 valence electrons. The van der Waals surface area contributed by atoms with Crippen molar-refractivity contribution < 1.29 is 32.0 Å². The van der Waals surface area contributed by atoms with E-state index in [1.165, 1.54) is 26.2 Å². The van der Waals surface area contributed by atoms with Gasteiger partial charge < -0.3 is 4.42 Å². The van der Waals surface area contributed by atoms with Gasteiger partial charge in [-0.1, -0.05) is 11.6 Å². The van der Waals surface area contributed by atoms with Gasteiger partial charge in [0.2, 0.25) is 0 Å². The Hall–Kier alpha value is -3.07. The molecule has 1 aliphatic rings. The van der Waals surface area contributed by atoms with Gasteiger partial charge in [0.1, 0.15) is 17.1 Å². The number of amides is 4. The Morgan fingerprint density at radius 3 is 2.18 bits per heavy atom. The summed E-state index contributed by atoms with van der Waals surface area (Å²) in [5.74, 6) is -1.57. The molecule has 1 aliphatic heterocycles. The van der Waals surface area contributed by atoms with Crippen molar-refractivity contribution in [1.82, 2.24) is 9.80 Å². The van der Waals surface area contributed by atoms with Gasteiger partial charge in [0.25, 0.3) is 11.8 Å². The molecule has 4 amide bonds. The van der Waals surface area contributed by atoms with Crippen LogP contribution in [0.15, 0.2) is 40.3 Å². The first kappa shape index (κ1) is 19.7. The minimum absolute atomic E-state index is 0.00635. The zero-order valence-electron chi connectivity index (χ0n) is 14.5. The molecule has 1 aromatic carbocycles. The topological polar surface area (TPSA) is 70.8 Å². The largest absolute Gasteiger partial charge is 0.457 e. The first-order valence-corrected chi connectivity index (χ1v) is 8.17. The Kier molecular flexibility index (Phi) is 4.80. The van der Waals surface area contributed by atoms with Crippen molar-refractivity contribution >= 4 is 35.5 Å². The van der Waals surface area contributed by atoms with Crippen LogP contribution in [0.25, 0.3) is 17.4 Å². The summed E-state index contributed by atoms with van der Waals surface area (Å²) in [5.41, 5.74) is -1.21. The number of carbonyl (C=O) groups excluding carboxylic acids is 3. The molecule has 0 bridgehead atoms. The highest BCUT2D eigenvalue weighted by Gasteiger charge is 2.38. The Balaban J connectivity index is 1.99. The maximum atomic E-state index is 12.9. The van der Waals surface area contributed by atoms with Crippen molar-refractivity contribution in [2.24, 2.45) is 0 Å². The molecular formula is C18H12ClF3N2O4. The van der Waals surface area contributed by atoms with Crippen LogP contribution >= 0.6 is 11.6 Å². The molecule has 0 saturated carbocycles. The highest BCUT2D eigenvalue weighted by Crippen LogP contribution is 2.36. The average Bonchev–Trinajstić information content (AvgIpc) is 3.10. The first-order chi connectivity index (χ1) is 13.0. The van der Waals surface area contributed by atoms with Crippen molar-refractivity contribution in [3.05, 3.63) is 52.3 Å². The molecule has 0 aliphatic carbocycles. The number of carbonyl (C=O) groups is 3. The average molecular weight is 413 g/mol. The van der Waals surface area contributed by atoms with Crippen LogP contribution in [-0.2, 0) is 15.8 Å². The Morgan fingerprint density at radius 1 is 1.00 bits per heavy atom. The molecule has 2 heterocycles. The number of hydrogen-bond acceptors (Lipinski definition) is 4. The highest BCUT2D eigenvalue weighted by atomic mass is 35.5. The molecule has 3 rings (SSSR count). The Bertz CT molecular complexity index is 1000. The summed E-state index contributed by atoms with van der Waals surface area (Å²) in [7, 11) is 2.44. The minimum Gasteiger partial charge on any atom is -0.457 e. The number of nitrogens with zero attached hydrogens (tertiary/aromatic N) is 2. The number of hydrogen-bond donors (Lipinski definition) is 0. The van der Waals surface area contributed by atoms with E-state index in [9.17, 15) is 27.6 Å². The summed E-state index contributed by atoms with van der Waals surface area (Å²) in [5, 5.41) is 0.0384. The van der Waals surface area contributed by atoms with Gasteiger partial charge in [-0.05, 0) is 36.4 Å². The monoisotopic (exact) mass is 412 g/mol. The Labute approximate surface area is 161 Å². The SMILES string of the molecule is CN1C(=O)C(=Cc2ccc(-c3cc(C(F)(F)F)ccc3Cl)o2)C(=O)N(C)C1=O. The number of rotatable bonds is 2. The normalized spacial score (nSPS) is 15.5. The van der Waals surface area contributed by atoms with Crippen molar-refractivity contribution in [2.75, 3.05) is 14.1 Å². The van der Waals surface area contributed by atoms with Crippen molar-refractivity contribution in [2.45, 2.75) is 6.18 Å². The summed E-state index contributed by atoms with van der Waals surface area (Å²) in [6.07, 6.45) is -3.44. The molecule has 0 atom stereocenters. The van der Waals surface area contributed by atoms with Gasteiger partial charge in [-0.2, -0.15) is 13.2 Å². The van der Waals surface area contributed by atoms with Crippen LogP contribution < -0.4 is 0 Å². The van der Waals surface area contributed by atoms with E-state index in [1.807, 2.05) is 0 Å². The number of imide groups is 2. The fraction of sp³-hybridized carbons (Fsp3) is 0.167. The summed E-state index contributed by atoms with van der Waals surface area (Å²) in [6, 6.07) is 4.75. The van der Waals surface area contributed by atoms with Gasteiger partial charge in [0, 0.05) is 19.7 Å². The molecule has 1 fully saturated rings. The predicted octanol–water partition coefficient (Wildman–Crippen LogP) is 4.05. The molecular weight excluding hydrogens is 401 g/mol. The highest BCUT2D eigenvalue weighted by molar-refractivity contribution is 6.33. The zero-order chi connectivity index (χ0) is 20.8. The molecule has 6 nitrogen and oxygen atoms in total. The standard InChI is InChI=1S/C18H12ClF3N2O4/c1-23-15(25)12(16(26)24(2)17(23)27)8-10-4-6-14(28-10)11-7-9(18(20,21)22)3-5-13(11)19/h3-8H,1-2H3. The Morgan fingerprint density at radius 2 is 1.61 bits per heavy atom. The molecule has 1 aromatic heterocycles. The summed E-state index contributed by atoms with van der Waals surface area (Å²) in [4.78, 5) is 37.6. The van der Waals surface area contributed by atoms with Crippen molar-refractivity contribution in [1.29, 1.82) is 0 Å². The van der Waals surface area contributed by atoms with Crippen LogP contribution in [0.1, 0.15) is 11.3 Å². The summed E-state index contributed by atoms with van der Waals surface area (Å²) >= 11 is 5.98. The van der Waals surface area contributed by atoms with E-state index in [1.54, 1.807) is 0 Å². The van der Waals surface area contributed by atoms with Crippen LogP contribution in [0.2, 0.25) is 5.02 Å². The lowest BCUT2D eigenvalue weighted by molar-refractivity contribution is -0.137. The van der Waals surface area contributed by atoms with Crippen LogP contribution in [0, 0.1) is 0 Å². The van der Waals surface area contributed by atoms with Gasteiger partial charge in [-0.25, -0.2) is 4.79 Å². The van der Waals surface area contributed by atoms with E-state index in [-0.39, 0.29) is 27.7 Å².